The summed E-state index contributed by atoms with van der Waals surface area (Å²) >= 11 is 0. The number of alkyl halides is 3. The summed E-state index contributed by atoms with van der Waals surface area (Å²) in [5.74, 6) is -1.51. The fraction of sp³-hybridized carbons (Fsp3) is 0.552. The summed E-state index contributed by atoms with van der Waals surface area (Å²) < 4.78 is 61.3. The van der Waals surface area contributed by atoms with E-state index in [1.807, 2.05) is 4.90 Å². The molecule has 1 aromatic carbocycles. The largest absolute Gasteiger partial charge is 0.492 e. The molecule has 1 aliphatic carbocycles. The Bertz CT molecular complexity index is 1260. The minimum atomic E-state index is -4.15. The molecule has 3 heterocycles. The first-order valence-electron chi connectivity index (χ1n) is 13.9. The topological polar surface area (TPSA) is 109 Å². The number of rotatable bonds is 8. The second-order valence-electron chi connectivity index (χ2n) is 11.5. The summed E-state index contributed by atoms with van der Waals surface area (Å²) in [6, 6.07) is 6.43. The van der Waals surface area contributed by atoms with Crippen LogP contribution in [0.2, 0.25) is 0 Å². The molecule has 3 N–H and O–H groups in total. The molecule has 3 aliphatic rings. The monoisotopic (exact) mass is 578 g/mol. The van der Waals surface area contributed by atoms with Crippen molar-refractivity contribution in [3.05, 3.63) is 47.9 Å². The lowest BCUT2D eigenvalue weighted by molar-refractivity contribution is -0.256. The second kappa shape index (κ2) is 11.6. The molecule has 222 valence electrons. The summed E-state index contributed by atoms with van der Waals surface area (Å²) in [5, 5.41) is 9.84. The number of halogens is 4. The zero-order valence-electron chi connectivity index (χ0n) is 22.6. The third-order valence-corrected chi connectivity index (χ3v) is 8.73. The Morgan fingerprint density at radius 3 is 2.44 bits per heavy atom. The number of nitrogens with two attached hydrogens (primary N) is 1. The molecule has 3 fully saturated rings. The average Bonchev–Trinajstić information content (AvgIpc) is 3.31. The predicted octanol–water partition coefficient (Wildman–Crippen LogP) is 3.77. The van der Waals surface area contributed by atoms with Gasteiger partial charge in [0.2, 0.25) is 5.91 Å². The van der Waals surface area contributed by atoms with Crippen LogP contribution < -0.4 is 10.5 Å². The number of piperidine rings is 1. The highest BCUT2D eigenvalue weighted by Crippen LogP contribution is 2.53. The van der Waals surface area contributed by atoms with E-state index < -0.39 is 41.4 Å². The molecule has 2 aliphatic heterocycles. The molecule has 1 aromatic heterocycles. The van der Waals surface area contributed by atoms with Crippen LogP contribution in [0.15, 0.2) is 36.5 Å². The predicted molar refractivity (Wildman–Crippen MR) is 141 cm³/mol. The standard InChI is InChI=1S/C29H34F4N4O4/c30-23-12-19(2-4-22(23)27(40)37-15-20(38)13-25(37)26(34)39)24-5-3-21(14-35-24)41-16-18-6-10-36(11-7-18)17-28(8-1-9-28)29(31,32)33/h2-5,12,14,18,20,25,38H,1,6-11,13,15-17H2,(H2,34,39). The number of primary amides is 1. The molecule has 41 heavy (non-hydrogen) atoms. The van der Waals surface area contributed by atoms with E-state index in [9.17, 15) is 32.3 Å². The van der Waals surface area contributed by atoms with Gasteiger partial charge in [-0.25, -0.2) is 4.39 Å². The second-order valence-corrected chi connectivity index (χ2v) is 11.5. The van der Waals surface area contributed by atoms with Gasteiger partial charge >= 0.3 is 6.18 Å². The van der Waals surface area contributed by atoms with E-state index in [-0.39, 0.29) is 43.8 Å². The van der Waals surface area contributed by atoms with Gasteiger partial charge in [0.05, 0.1) is 35.6 Å². The number of aliphatic hydroxyl groups is 1. The molecule has 2 atom stereocenters. The Morgan fingerprint density at radius 1 is 1.15 bits per heavy atom. The van der Waals surface area contributed by atoms with Crippen molar-refractivity contribution >= 4 is 11.8 Å². The van der Waals surface area contributed by atoms with Crippen LogP contribution in [0.1, 0.15) is 48.9 Å². The van der Waals surface area contributed by atoms with Gasteiger partial charge in [-0.05, 0) is 69.0 Å². The van der Waals surface area contributed by atoms with Crippen LogP contribution in [0.5, 0.6) is 5.75 Å². The van der Waals surface area contributed by atoms with Gasteiger partial charge in [0.25, 0.3) is 5.91 Å². The maximum Gasteiger partial charge on any atom is 0.395 e. The molecule has 12 heteroatoms. The molecule has 2 saturated heterocycles. The van der Waals surface area contributed by atoms with Gasteiger partial charge in [-0.3, -0.25) is 14.6 Å². The zero-order chi connectivity index (χ0) is 29.4. The first kappa shape index (κ1) is 29.2. The summed E-state index contributed by atoms with van der Waals surface area (Å²) in [7, 11) is 0. The molecule has 8 nitrogen and oxygen atoms in total. The lowest BCUT2D eigenvalue weighted by atomic mass is 9.67. The van der Waals surface area contributed by atoms with E-state index in [0.29, 0.717) is 43.1 Å². The van der Waals surface area contributed by atoms with Gasteiger partial charge in [-0.1, -0.05) is 12.5 Å². The van der Waals surface area contributed by atoms with Crippen LogP contribution >= 0.6 is 0 Å². The number of pyridine rings is 1. The van der Waals surface area contributed by atoms with Gasteiger partial charge in [0.1, 0.15) is 17.6 Å². The van der Waals surface area contributed by atoms with Crippen molar-refractivity contribution in [2.24, 2.45) is 17.1 Å². The first-order chi connectivity index (χ1) is 19.5. The van der Waals surface area contributed by atoms with E-state index >= 15 is 0 Å². The fourth-order valence-corrected chi connectivity index (χ4v) is 6.04. The Labute approximate surface area is 235 Å². The van der Waals surface area contributed by atoms with Crippen LogP contribution in [-0.4, -0.2) is 82.8 Å². The smallest absolute Gasteiger partial charge is 0.395 e. The Balaban J connectivity index is 1.13. The number of benzene rings is 1. The Hall–Kier alpha value is -3.25. The van der Waals surface area contributed by atoms with Crippen LogP contribution in [0, 0.1) is 17.2 Å². The van der Waals surface area contributed by atoms with E-state index in [1.165, 1.54) is 18.3 Å². The van der Waals surface area contributed by atoms with E-state index in [2.05, 4.69) is 4.98 Å². The van der Waals surface area contributed by atoms with Crippen LogP contribution in [0.4, 0.5) is 17.6 Å². The van der Waals surface area contributed by atoms with Crippen molar-refractivity contribution in [2.75, 3.05) is 32.8 Å². The molecule has 2 amide bonds. The van der Waals surface area contributed by atoms with Crippen molar-refractivity contribution in [2.45, 2.75) is 56.8 Å². The third kappa shape index (κ3) is 6.18. The van der Waals surface area contributed by atoms with Crippen molar-refractivity contribution in [1.82, 2.24) is 14.8 Å². The molecule has 5 rings (SSSR count). The maximum atomic E-state index is 14.9. The molecule has 0 spiro atoms. The van der Waals surface area contributed by atoms with Crippen molar-refractivity contribution in [3.63, 3.8) is 0 Å². The first-order valence-corrected chi connectivity index (χ1v) is 13.9. The number of likely N-dealkylation sites (tertiary alicyclic amines) is 2. The summed E-state index contributed by atoms with van der Waals surface area (Å²) in [4.78, 5) is 31.9. The van der Waals surface area contributed by atoms with E-state index in [4.69, 9.17) is 10.5 Å². The lowest BCUT2D eigenvalue weighted by Crippen LogP contribution is -2.53. The molecule has 0 bridgehead atoms. The van der Waals surface area contributed by atoms with Gasteiger partial charge < -0.3 is 25.4 Å². The van der Waals surface area contributed by atoms with Gasteiger partial charge in [-0.2, -0.15) is 13.2 Å². The fourth-order valence-electron chi connectivity index (χ4n) is 6.04. The highest BCUT2D eigenvalue weighted by Gasteiger charge is 2.58. The van der Waals surface area contributed by atoms with Crippen molar-refractivity contribution in [1.29, 1.82) is 0 Å². The molecular formula is C29H34F4N4O4. The number of hydrogen-bond donors (Lipinski definition) is 2. The molecule has 0 radical (unpaired) electrons. The number of carbonyl (C=O) groups excluding carboxylic acids is 2. The number of hydrogen-bond acceptors (Lipinski definition) is 6. The molecule has 2 aromatic rings. The van der Waals surface area contributed by atoms with E-state index in [1.54, 1.807) is 18.2 Å². The Kier molecular flexibility index (Phi) is 8.24. The molecule has 1 saturated carbocycles. The maximum absolute atomic E-state index is 14.9. The lowest BCUT2D eigenvalue weighted by Gasteiger charge is -2.47. The SMILES string of the molecule is NC(=O)C1CC(O)CN1C(=O)c1ccc(-c2ccc(OCC3CCN(CC4(C(F)(F)F)CCC4)CC3)cn2)cc1F. The summed E-state index contributed by atoms with van der Waals surface area (Å²) in [6.45, 7) is 1.65. The molecular weight excluding hydrogens is 544 g/mol. The van der Waals surface area contributed by atoms with Gasteiger partial charge in [0.15, 0.2) is 0 Å². The Morgan fingerprint density at radius 2 is 1.88 bits per heavy atom. The number of aliphatic hydroxyl groups excluding tert-OH is 1. The number of aromatic nitrogens is 1. The number of amides is 2. The summed E-state index contributed by atoms with van der Waals surface area (Å²) in [5.41, 5.74) is 4.47. The van der Waals surface area contributed by atoms with Crippen LogP contribution in [-0.2, 0) is 4.79 Å². The highest BCUT2D eigenvalue weighted by molar-refractivity contribution is 5.98. The van der Waals surface area contributed by atoms with Crippen LogP contribution in [0.25, 0.3) is 11.3 Å². The minimum Gasteiger partial charge on any atom is -0.492 e. The van der Waals surface area contributed by atoms with Crippen LogP contribution in [0.3, 0.4) is 0 Å². The number of ether oxygens (including phenoxy) is 1. The normalized spacial score (nSPS) is 23.3. The third-order valence-electron chi connectivity index (χ3n) is 8.73. The van der Waals surface area contributed by atoms with Crippen molar-refractivity contribution in [3.8, 4) is 17.0 Å². The van der Waals surface area contributed by atoms with Crippen molar-refractivity contribution < 1.29 is 37.0 Å². The van der Waals surface area contributed by atoms with Gasteiger partial charge in [-0.15, -0.1) is 0 Å². The minimum absolute atomic E-state index is 0.0148. The zero-order valence-corrected chi connectivity index (χ0v) is 22.6. The quantitative estimate of drug-likeness (QED) is 0.462. The van der Waals surface area contributed by atoms with Gasteiger partial charge in [0, 0.05) is 25.1 Å². The number of nitrogens with zero attached hydrogens (tertiary/aromatic N) is 3. The summed E-state index contributed by atoms with van der Waals surface area (Å²) in [6.07, 6.45) is -0.907. The molecule has 2 unspecified atom stereocenters. The number of β-amino-alcohol motifs (C(OH)–C–C–N with tert-alkyl or cyclic N) is 1. The average molecular weight is 579 g/mol. The number of carbonyl (C=O) groups is 2. The highest BCUT2D eigenvalue weighted by atomic mass is 19.4. The van der Waals surface area contributed by atoms with E-state index in [0.717, 1.165) is 17.7 Å².